The summed E-state index contributed by atoms with van der Waals surface area (Å²) >= 11 is 1.87. The summed E-state index contributed by atoms with van der Waals surface area (Å²) in [4.78, 5) is 13.5. The molecule has 0 bridgehead atoms. The lowest BCUT2D eigenvalue weighted by atomic mass is 9.67. The Morgan fingerprint density at radius 3 is 1.71 bits per heavy atom. The highest BCUT2D eigenvalue weighted by atomic mass is 32.2. The molecule has 0 fully saturated rings. The van der Waals surface area contributed by atoms with Crippen LogP contribution >= 0.6 is 11.8 Å². The van der Waals surface area contributed by atoms with Gasteiger partial charge in [-0.15, -0.1) is 0 Å². The van der Waals surface area contributed by atoms with Gasteiger partial charge in [-0.1, -0.05) is 214 Å². The predicted molar refractivity (Wildman–Crippen MR) is 297 cm³/mol. The number of fused-ring (bicyclic) bond motifs is 16. The summed E-state index contributed by atoms with van der Waals surface area (Å²) in [5.74, 6) is 0.700. The van der Waals surface area contributed by atoms with Gasteiger partial charge in [0.25, 0.3) is 0 Å². The standard InChI is InChI=1S/C68H45N3S/c1-67(2)57-30-18-26-47(42-19-6-3-7-20-42)63(57)50-36-35-49-52-39-44(34-38-60(52)71(65(49)64(50)67)46-23-10-5-11-24-46)59-41-58(43-21-8-4-9-22-43)69-66(70-59)45-33-37-54-51(40-45)48-25-12-13-27-53(48)68(54)55-28-14-16-31-61(55)72-62-32-17-15-29-56(62)68/h3-41H,1-2H3. The molecule has 4 heteroatoms. The molecule has 1 aliphatic heterocycles. The monoisotopic (exact) mass is 935 g/mol. The maximum atomic E-state index is 5.53. The summed E-state index contributed by atoms with van der Waals surface area (Å²) in [5, 5.41) is 2.42. The van der Waals surface area contributed by atoms with Crippen molar-refractivity contribution < 1.29 is 0 Å². The first-order chi connectivity index (χ1) is 35.5. The van der Waals surface area contributed by atoms with Gasteiger partial charge in [-0.2, -0.15) is 0 Å². The Morgan fingerprint density at radius 2 is 0.972 bits per heavy atom. The van der Waals surface area contributed by atoms with Crippen LogP contribution < -0.4 is 0 Å². The summed E-state index contributed by atoms with van der Waals surface area (Å²) < 4.78 is 2.50. The fourth-order valence-electron chi connectivity index (χ4n) is 12.8. The second-order valence-corrected chi connectivity index (χ2v) is 21.1. The van der Waals surface area contributed by atoms with Gasteiger partial charge in [-0.05, 0) is 115 Å². The van der Waals surface area contributed by atoms with E-state index < -0.39 is 5.41 Å². The molecule has 3 aliphatic rings. The largest absolute Gasteiger partial charge is 0.309 e. The van der Waals surface area contributed by atoms with Crippen LogP contribution in [0.5, 0.6) is 0 Å². The van der Waals surface area contributed by atoms with Crippen LogP contribution in [0.25, 0.3) is 94.8 Å². The second kappa shape index (κ2) is 15.5. The van der Waals surface area contributed by atoms with Crippen molar-refractivity contribution in [3.63, 3.8) is 0 Å². The molecule has 0 unspecified atom stereocenters. The first kappa shape index (κ1) is 41.2. The van der Waals surface area contributed by atoms with E-state index in [1.807, 2.05) is 11.8 Å². The number of hydrogen-bond acceptors (Lipinski definition) is 3. The molecule has 15 rings (SSSR count). The molecular weight excluding hydrogens is 891 g/mol. The molecule has 0 atom stereocenters. The number of aromatic nitrogens is 3. The van der Waals surface area contributed by atoms with E-state index in [1.165, 1.54) is 92.8 Å². The van der Waals surface area contributed by atoms with Gasteiger partial charge < -0.3 is 4.57 Å². The highest BCUT2D eigenvalue weighted by molar-refractivity contribution is 7.99. The van der Waals surface area contributed by atoms with E-state index in [9.17, 15) is 0 Å². The third-order valence-electron chi connectivity index (χ3n) is 15.9. The van der Waals surface area contributed by atoms with Gasteiger partial charge >= 0.3 is 0 Å². The molecule has 0 saturated heterocycles. The average molecular weight is 936 g/mol. The van der Waals surface area contributed by atoms with Crippen molar-refractivity contribution in [2.45, 2.75) is 34.5 Å². The number of benzene rings is 10. The SMILES string of the molecule is CC1(C)c2cccc(-c3ccccc3)c2-c2ccc3c4cc(-c5cc(-c6ccccc6)nc(-c6ccc7c(c6)-c6ccccc6C76c7ccccc7Sc7ccccc76)n5)ccc4n(-c4ccccc4)c3c21. The maximum absolute atomic E-state index is 5.53. The molecule has 72 heavy (non-hydrogen) atoms. The zero-order chi connectivity index (χ0) is 47.7. The van der Waals surface area contributed by atoms with E-state index >= 15 is 0 Å². The first-order valence-corrected chi connectivity index (χ1v) is 25.7. The van der Waals surface area contributed by atoms with E-state index in [0.29, 0.717) is 5.82 Å². The van der Waals surface area contributed by atoms with Crippen LogP contribution in [0.4, 0.5) is 0 Å². The number of nitrogens with zero attached hydrogens (tertiary/aromatic N) is 3. The molecule has 0 amide bonds. The molecule has 2 aliphatic carbocycles. The summed E-state index contributed by atoms with van der Waals surface area (Å²) in [5.41, 5.74) is 23.3. The van der Waals surface area contributed by atoms with Gasteiger partial charge in [-0.3, -0.25) is 0 Å². The fourth-order valence-corrected chi connectivity index (χ4v) is 14.0. The quantitative estimate of drug-likeness (QED) is 0.172. The lowest BCUT2D eigenvalue weighted by molar-refractivity contribution is 0.664. The molecule has 2 aromatic heterocycles. The van der Waals surface area contributed by atoms with Gasteiger partial charge in [0.05, 0.1) is 27.8 Å². The predicted octanol–water partition coefficient (Wildman–Crippen LogP) is 17.4. The van der Waals surface area contributed by atoms with Crippen LogP contribution in [0, 0.1) is 0 Å². The highest BCUT2D eigenvalue weighted by Gasteiger charge is 2.50. The number of hydrogen-bond donors (Lipinski definition) is 0. The highest BCUT2D eigenvalue weighted by Crippen LogP contribution is 2.62. The molecule has 0 saturated carbocycles. The Kier molecular flexibility index (Phi) is 8.86. The van der Waals surface area contributed by atoms with Crippen molar-refractivity contribution in [2.75, 3.05) is 0 Å². The van der Waals surface area contributed by atoms with Crippen LogP contribution in [0.3, 0.4) is 0 Å². The molecule has 1 spiro atoms. The Bertz CT molecular complexity index is 4160. The van der Waals surface area contributed by atoms with Gasteiger partial charge in [0, 0.05) is 48.4 Å². The summed E-state index contributed by atoms with van der Waals surface area (Å²) in [6.45, 7) is 4.81. The molecule has 3 nitrogen and oxygen atoms in total. The lowest BCUT2D eigenvalue weighted by Gasteiger charge is -2.39. The molecule has 0 radical (unpaired) electrons. The molecule has 10 aromatic carbocycles. The van der Waals surface area contributed by atoms with Crippen molar-refractivity contribution in [1.82, 2.24) is 14.5 Å². The van der Waals surface area contributed by atoms with E-state index in [-0.39, 0.29) is 5.41 Å². The van der Waals surface area contributed by atoms with Crippen molar-refractivity contribution >= 4 is 33.6 Å². The lowest BCUT2D eigenvalue weighted by Crippen LogP contribution is -2.31. The molecule has 0 N–H and O–H groups in total. The fraction of sp³-hybridized carbons (Fsp3) is 0.0588. The summed E-state index contributed by atoms with van der Waals surface area (Å²) in [7, 11) is 0. The summed E-state index contributed by atoms with van der Waals surface area (Å²) in [6, 6.07) is 86.9. The van der Waals surface area contributed by atoms with E-state index in [2.05, 4.69) is 255 Å². The van der Waals surface area contributed by atoms with Gasteiger partial charge in [0.1, 0.15) is 0 Å². The van der Waals surface area contributed by atoms with Crippen LogP contribution in [0.15, 0.2) is 246 Å². The van der Waals surface area contributed by atoms with Crippen molar-refractivity contribution in [2.24, 2.45) is 0 Å². The second-order valence-electron chi connectivity index (χ2n) is 20.0. The Morgan fingerprint density at radius 1 is 0.389 bits per heavy atom. The van der Waals surface area contributed by atoms with Crippen molar-refractivity contribution in [3.8, 4) is 73.0 Å². The minimum absolute atomic E-state index is 0.260. The number of para-hydroxylation sites is 1. The maximum Gasteiger partial charge on any atom is 0.160 e. The molecule has 338 valence electrons. The smallest absolute Gasteiger partial charge is 0.160 e. The van der Waals surface area contributed by atoms with Crippen LogP contribution in [-0.4, -0.2) is 14.5 Å². The third-order valence-corrected chi connectivity index (χ3v) is 17.0. The van der Waals surface area contributed by atoms with Gasteiger partial charge in [0.2, 0.25) is 0 Å². The average Bonchev–Trinajstić information content (AvgIpc) is 4.02. The Labute approximate surface area is 423 Å². The first-order valence-electron chi connectivity index (χ1n) is 24.9. The van der Waals surface area contributed by atoms with Gasteiger partial charge in [-0.25, -0.2) is 9.97 Å². The third kappa shape index (κ3) is 5.76. The molecule has 3 heterocycles. The summed E-state index contributed by atoms with van der Waals surface area (Å²) in [6.07, 6.45) is 0. The zero-order valence-electron chi connectivity index (χ0n) is 39.8. The van der Waals surface area contributed by atoms with Crippen LogP contribution in [0.2, 0.25) is 0 Å². The normalized spacial score (nSPS) is 14.1. The van der Waals surface area contributed by atoms with E-state index in [4.69, 9.17) is 9.97 Å². The minimum Gasteiger partial charge on any atom is -0.309 e. The van der Waals surface area contributed by atoms with Crippen LogP contribution in [0.1, 0.15) is 47.2 Å². The molecule has 12 aromatic rings. The van der Waals surface area contributed by atoms with E-state index in [0.717, 1.165) is 39.3 Å². The van der Waals surface area contributed by atoms with E-state index in [1.54, 1.807) is 0 Å². The van der Waals surface area contributed by atoms with Crippen molar-refractivity contribution in [3.05, 3.63) is 270 Å². The Hall–Kier alpha value is -8.57. The minimum atomic E-state index is -0.447. The Balaban J connectivity index is 0.938. The zero-order valence-corrected chi connectivity index (χ0v) is 40.6. The van der Waals surface area contributed by atoms with Gasteiger partial charge in [0.15, 0.2) is 5.82 Å². The topological polar surface area (TPSA) is 30.7 Å². The van der Waals surface area contributed by atoms with Crippen LogP contribution in [-0.2, 0) is 10.8 Å². The van der Waals surface area contributed by atoms with Crippen molar-refractivity contribution in [1.29, 1.82) is 0 Å². The molecular formula is C68H45N3S. The number of rotatable bonds is 5.